The maximum Gasteiger partial charge on any atom is 0.332 e. The Morgan fingerprint density at radius 1 is 1.07 bits per heavy atom. The number of halogens is 2. The maximum absolute atomic E-state index is 14.5. The highest BCUT2D eigenvalue weighted by Crippen LogP contribution is 2.17. The third-order valence-electron chi connectivity index (χ3n) is 6.57. The van der Waals surface area contributed by atoms with Crippen LogP contribution in [0.5, 0.6) is 5.75 Å². The van der Waals surface area contributed by atoms with Crippen LogP contribution in [-0.2, 0) is 31.4 Å². The summed E-state index contributed by atoms with van der Waals surface area (Å²) in [5.74, 6) is 4.85. The molecule has 216 valence electrons. The van der Waals surface area contributed by atoms with Crippen molar-refractivity contribution in [2.45, 2.75) is 32.9 Å². The van der Waals surface area contributed by atoms with Crippen LogP contribution in [-0.4, -0.2) is 26.7 Å². The number of methoxy groups -OCH3 is 1. The molecule has 4 aromatic rings. The molecule has 4 rings (SSSR count). The summed E-state index contributed by atoms with van der Waals surface area (Å²) in [5, 5.41) is 2.28. The predicted molar refractivity (Wildman–Crippen MR) is 159 cm³/mol. The second kappa shape index (κ2) is 13.2. The Kier molecular flexibility index (Phi) is 9.45. The summed E-state index contributed by atoms with van der Waals surface area (Å²) in [6, 6.07) is 15.1. The number of benzene rings is 2. The summed E-state index contributed by atoms with van der Waals surface area (Å²) in [6.45, 7) is 1.72. The van der Waals surface area contributed by atoms with E-state index < -0.39 is 28.5 Å². The van der Waals surface area contributed by atoms with Crippen LogP contribution in [0.4, 0.5) is 10.1 Å². The highest BCUT2D eigenvalue weighted by Gasteiger charge is 2.18. The Morgan fingerprint density at radius 2 is 1.81 bits per heavy atom. The minimum atomic E-state index is -0.742. The third-order valence-corrected chi connectivity index (χ3v) is 6.96. The van der Waals surface area contributed by atoms with Gasteiger partial charge in [-0.3, -0.25) is 23.5 Å². The predicted octanol–water partition coefficient (Wildman–Crippen LogP) is 3.49. The molecule has 2 heterocycles. The van der Waals surface area contributed by atoms with Crippen molar-refractivity contribution < 1.29 is 13.9 Å². The Labute approximate surface area is 245 Å². The van der Waals surface area contributed by atoms with E-state index in [0.29, 0.717) is 12.0 Å². The monoisotopic (exact) mass is 590 g/mol. The van der Waals surface area contributed by atoms with E-state index in [4.69, 9.17) is 16.3 Å². The Balaban J connectivity index is 1.53. The van der Waals surface area contributed by atoms with Gasteiger partial charge in [-0.2, -0.15) is 0 Å². The Morgan fingerprint density at radius 3 is 2.52 bits per heavy atom. The lowest BCUT2D eigenvalue weighted by atomic mass is 10.1. The smallest absolute Gasteiger partial charge is 0.332 e. The SMILES string of the molecule is COc1cccn(Cc2cc(C#CCn3c(Cl)c(NC(=O)CCc4ccc(C)cc4)c(=O)n(C)c3=O)ccc2F)c1=O. The first kappa shape index (κ1) is 30.1. The van der Waals surface area contributed by atoms with Crippen LogP contribution in [0.15, 0.2) is 75.2 Å². The fraction of sp³-hybridized carbons (Fsp3) is 0.226. The summed E-state index contributed by atoms with van der Waals surface area (Å²) in [4.78, 5) is 50.6. The van der Waals surface area contributed by atoms with Crippen molar-refractivity contribution in [1.82, 2.24) is 13.7 Å². The lowest BCUT2D eigenvalue weighted by Crippen LogP contribution is -2.40. The van der Waals surface area contributed by atoms with Crippen LogP contribution in [0.25, 0.3) is 0 Å². The molecule has 42 heavy (non-hydrogen) atoms. The van der Waals surface area contributed by atoms with Crippen LogP contribution in [0.3, 0.4) is 0 Å². The van der Waals surface area contributed by atoms with Gasteiger partial charge in [0, 0.05) is 30.8 Å². The molecule has 0 unspecified atom stereocenters. The number of nitrogens with one attached hydrogen (secondary N) is 1. The van der Waals surface area contributed by atoms with Gasteiger partial charge in [-0.15, -0.1) is 0 Å². The van der Waals surface area contributed by atoms with Gasteiger partial charge in [0.1, 0.15) is 16.7 Å². The molecule has 0 saturated heterocycles. The zero-order valence-electron chi connectivity index (χ0n) is 23.2. The van der Waals surface area contributed by atoms with E-state index in [2.05, 4.69) is 17.2 Å². The van der Waals surface area contributed by atoms with Crippen LogP contribution < -0.4 is 26.9 Å². The molecule has 0 aliphatic carbocycles. The molecule has 2 aromatic heterocycles. The number of carbonyl (C=O) groups excluding carboxylic acids is 1. The van der Waals surface area contributed by atoms with E-state index in [1.807, 2.05) is 31.2 Å². The lowest BCUT2D eigenvalue weighted by Gasteiger charge is -2.13. The number of aryl methyl sites for hydroxylation is 2. The van der Waals surface area contributed by atoms with Crippen LogP contribution in [0.2, 0.25) is 5.15 Å². The first-order chi connectivity index (χ1) is 20.1. The fourth-order valence-corrected chi connectivity index (χ4v) is 4.43. The number of pyridine rings is 1. The average molecular weight is 591 g/mol. The van der Waals surface area contributed by atoms with Crippen molar-refractivity contribution in [3.63, 3.8) is 0 Å². The number of rotatable bonds is 8. The van der Waals surface area contributed by atoms with Crippen molar-refractivity contribution in [2.75, 3.05) is 12.4 Å². The number of hydrogen-bond acceptors (Lipinski definition) is 5. The van der Waals surface area contributed by atoms with Gasteiger partial charge < -0.3 is 14.6 Å². The molecule has 0 radical (unpaired) electrons. The minimum Gasteiger partial charge on any atom is -0.491 e. The molecule has 0 spiro atoms. The topological polar surface area (TPSA) is 104 Å². The van der Waals surface area contributed by atoms with Gasteiger partial charge in [-0.1, -0.05) is 53.3 Å². The second-order valence-corrected chi connectivity index (χ2v) is 9.91. The number of ether oxygens (including phenoxy) is 1. The molecule has 0 atom stereocenters. The van der Waals surface area contributed by atoms with Gasteiger partial charge in [0.05, 0.1) is 20.2 Å². The largest absolute Gasteiger partial charge is 0.491 e. The highest BCUT2D eigenvalue weighted by molar-refractivity contribution is 6.32. The van der Waals surface area contributed by atoms with Crippen LogP contribution in [0, 0.1) is 24.6 Å². The second-order valence-electron chi connectivity index (χ2n) is 9.55. The van der Waals surface area contributed by atoms with E-state index in [-0.39, 0.29) is 41.7 Å². The van der Waals surface area contributed by atoms with Crippen molar-refractivity contribution >= 4 is 23.2 Å². The van der Waals surface area contributed by atoms with Gasteiger partial charge in [-0.05, 0) is 49.2 Å². The summed E-state index contributed by atoms with van der Waals surface area (Å²) in [7, 11) is 2.66. The first-order valence-electron chi connectivity index (χ1n) is 12.9. The zero-order chi connectivity index (χ0) is 30.4. The Bertz CT molecular complexity index is 1880. The standard InChI is InChI=1S/C31H28ClFN4O5/c1-20-8-10-21(11-9-20)13-15-26(38)34-27-28(32)37(31(41)35(2)30(27)40)17-4-6-22-12-14-24(33)23(18-22)19-36-16-5-7-25(42-3)29(36)39/h5,7-12,14,16,18H,13,15,17,19H2,1-3H3,(H,34,38). The van der Waals surface area contributed by atoms with Crippen molar-refractivity contribution in [1.29, 1.82) is 0 Å². The lowest BCUT2D eigenvalue weighted by molar-refractivity contribution is -0.116. The number of amides is 1. The number of nitrogens with zero attached hydrogens (tertiary/aromatic N) is 3. The normalized spacial score (nSPS) is 10.6. The quantitative estimate of drug-likeness (QED) is 0.250. The van der Waals surface area contributed by atoms with Crippen molar-refractivity contribution in [3.8, 4) is 17.6 Å². The van der Waals surface area contributed by atoms with Crippen molar-refractivity contribution in [3.05, 3.63) is 125 Å². The number of aromatic nitrogens is 3. The number of hydrogen-bond donors (Lipinski definition) is 1. The van der Waals surface area contributed by atoms with E-state index in [1.54, 1.807) is 6.07 Å². The van der Waals surface area contributed by atoms with E-state index in [9.17, 15) is 23.6 Å². The molecule has 0 fully saturated rings. The Hall–Kier alpha value is -4.88. The summed E-state index contributed by atoms with van der Waals surface area (Å²) >= 11 is 6.40. The number of anilines is 1. The van der Waals surface area contributed by atoms with Gasteiger partial charge in [-0.25, -0.2) is 9.18 Å². The molecule has 0 aliphatic heterocycles. The molecule has 1 amide bonds. The molecule has 11 heteroatoms. The molecule has 0 aliphatic rings. The van der Waals surface area contributed by atoms with Gasteiger partial charge in [0.25, 0.3) is 11.1 Å². The highest BCUT2D eigenvalue weighted by atomic mass is 35.5. The summed E-state index contributed by atoms with van der Waals surface area (Å²) in [5.41, 5.74) is 0.650. The molecule has 0 bridgehead atoms. The fourth-order valence-electron chi connectivity index (χ4n) is 4.17. The molecule has 2 aromatic carbocycles. The summed E-state index contributed by atoms with van der Waals surface area (Å²) < 4.78 is 22.8. The average Bonchev–Trinajstić information content (AvgIpc) is 2.98. The number of carbonyl (C=O) groups is 1. The molecular formula is C31H28ClFN4O5. The molecule has 1 N–H and O–H groups in total. The van der Waals surface area contributed by atoms with E-state index >= 15 is 0 Å². The third kappa shape index (κ3) is 6.87. The minimum absolute atomic E-state index is 0.0452. The van der Waals surface area contributed by atoms with E-state index in [0.717, 1.165) is 20.3 Å². The maximum atomic E-state index is 14.5. The molecular weight excluding hydrogens is 563 g/mol. The molecule has 0 saturated carbocycles. The summed E-state index contributed by atoms with van der Waals surface area (Å²) in [6.07, 6.45) is 2.09. The van der Waals surface area contributed by atoms with Crippen LogP contribution >= 0.6 is 11.6 Å². The first-order valence-corrected chi connectivity index (χ1v) is 13.3. The van der Waals surface area contributed by atoms with Gasteiger partial charge >= 0.3 is 5.69 Å². The van der Waals surface area contributed by atoms with E-state index in [1.165, 1.54) is 49.2 Å². The van der Waals surface area contributed by atoms with Crippen LogP contribution in [0.1, 0.15) is 28.7 Å². The van der Waals surface area contributed by atoms with Gasteiger partial charge in [0.15, 0.2) is 5.75 Å². The van der Waals surface area contributed by atoms with Gasteiger partial charge in [0.2, 0.25) is 5.91 Å². The molecule has 9 nitrogen and oxygen atoms in total. The zero-order valence-corrected chi connectivity index (χ0v) is 24.0. The van der Waals surface area contributed by atoms with Crippen molar-refractivity contribution in [2.24, 2.45) is 7.05 Å².